The number of methoxy groups -OCH3 is 1. The van der Waals surface area contributed by atoms with E-state index in [0.29, 0.717) is 6.04 Å². The van der Waals surface area contributed by atoms with Gasteiger partial charge in [-0.2, -0.15) is 0 Å². The highest BCUT2D eigenvalue weighted by Crippen LogP contribution is 2.11. The summed E-state index contributed by atoms with van der Waals surface area (Å²) < 4.78 is 5.15. The van der Waals surface area contributed by atoms with E-state index in [0.717, 1.165) is 25.3 Å². The minimum absolute atomic E-state index is 0.575. The molecule has 0 aromatic heterocycles. The van der Waals surface area contributed by atoms with Crippen LogP contribution in [0.1, 0.15) is 18.9 Å². The molecule has 1 aromatic carbocycles. The number of rotatable bonds is 8. The van der Waals surface area contributed by atoms with Gasteiger partial charge in [-0.25, -0.2) is 0 Å². The van der Waals surface area contributed by atoms with Crippen LogP contribution < -0.4 is 10.1 Å². The van der Waals surface area contributed by atoms with E-state index < -0.39 is 0 Å². The SMILES string of the molecule is COc1ccc(CCNC(C)CCN(C)C)cc1. The van der Waals surface area contributed by atoms with Crippen LogP contribution in [-0.4, -0.2) is 45.2 Å². The first-order valence-corrected chi connectivity index (χ1v) is 6.63. The van der Waals surface area contributed by atoms with Gasteiger partial charge in [-0.15, -0.1) is 0 Å². The van der Waals surface area contributed by atoms with Crippen molar-refractivity contribution < 1.29 is 4.74 Å². The average Bonchev–Trinajstić information content (AvgIpc) is 2.37. The molecule has 3 heteroatoms. The molecule has 0 radical (unpaired) electrons. The van der Waals surface area contributed by atoms with E-state index in [1.807, 2.05) is 12.1 Å². The predicted octanol–water partition coefficient (Wildman–Crippen LogP) is 2.17. The van der Waals surface area contributed by atoms with Crippen LogP contribution >= 0.6 is 0 Å². The molecule has 0 bridgehead atoms. The summed E-state index contributed by atoms with van der Waals surface area (Å²) in [4.78, 5) is 2.22. The Labute approximate surface area is 111 Å². The summed E-state index contributed by atoms with van der Waals surface area (Å²) in [6.45, 7) is 4.41. The number of hydrogen-bond acceptors (Lipinski definition) is 3. The zero-order valence-corrected chi connectivity index (χ0v) is 12.1. The lowest BCUT2D eigenvalue weighted by Gasteiger charge is -2.16. The van der Waals surface area contributed by atoms with Crippen LogP contribution in [-0.2, 0) is 6.42 Å². The van der Waals surface area contributed by atoms with Crippen molar-refractivity contribution in [1.29, 1.82) is 0 Å². The van der Waals surface area contributed by atoms with E-state index in [4.69, 9.17) is 4.74 Å². The molecule has 1 N–H and O–H groups in total. The predicted molar refractivity (Wildman–Crippen MR) is 77.3 cm³/mol. The van der Waals surface area contributed by atoms with E-state index in [-0.39, 0.29) is 0 Å². The molecule has 0 spiro atoms. The second-order valence-electron chi connectivity index (χ2n) is 5.05. The lowest BCUT2D eigenvalue weighted by atomic mass is 10.1. The molecule has 0 amide bonds. The first-order valence-electron chi connectivity index (χ1n) is 6.63. The highest BCUT2D eigenvalue weighted by molar-refractivity contribution is 5.27. The van der Waals surface area contributed by atoms with Gasteiger partial charge < -0.3 is 15.0 Å². The van der Waals surface area contributed by atoms with Crippen LogP contribution in [0.15, 0.2) is 24.3 Å². The van der Waals surface area contributed by atoms with Gasteiger partial charge in [0.1, 0.15) is 5.75 Å². The molecule has 3 nitrogen and oxygen atoms in total. The van der Waals surface area contributed by atoms with Crippen molar-refractivity contribution in [2.24, 2.45) is 0 Å². The average molecular weight is 250 g/mol. The molecule has 0 fully saturated rings. The Morgan fingerprint density at radius 1 is 1.22 bits per heavy atom. The number of ether oxygens (including phenoxy) is 1. The van der Waals surface area contributed by atoms with Crippen LogP contribution in [0.25, 0.3) is 0 Å². The Morgan fingerprint density at radius 2 is 1.89 bits per heavy atom. The summed E-state index contributed by atoms with van der Waals surface area (Å²) in [5.41, 5.74) is 1.35. The summed E-state index contributed by atoms with van der Waals surface area (Å²) in [5.74, 6) is 0.922. The van der Waals surface area contributed by atoms with Crippen molar-refractivity contribution in [1.82, 2.24) is 10.2 Å². The Bertz CT molecular complexity index is 322. The zero-order chi connectivity index (χ0) is 13.4. The molecule has 102 valence electrons. The van der Waals surface area contributed by atoms with E-state index in [1.54, 1.807) is 7.11 Å². The Morgan fingerprint density at radius 3 is 2.44 bits per heavy atom. The van der Waals surface area contributed by atoms with Gasteiger partial charge in [0, 0.05) is 6.04 Å². The van der Waals surface area contributed by atoms with Gasteiger partial charge in [-0.1, -0.05) is 12.1 Å². The summed E-state index contributed by atoms with van der Waals surface area (Å²) in [6, 6.07) is 8.87. The number of benzene rings is 1. The first-order chi connectivity index (χ1) is 8.61. The van der Waals surface area contributed by atoms with Crippen LogP contribution in [0.2, 0.25) is 0 Å². The van der Waals surface area contributed by atoms with Gasteiger partial charge >= 0.3 is 0 Å². The zero-order valence-electron chi connectivity index (χ0n) is 12.1. The van der Waals surface area contributed by atoms with Crippen molar-refractivity contribution in [2.45, 2.75) is 25.8 Å². The van der Waals surface area contributed by atoms with Crippen LogP contribution in [0.3, 0.4) is 0 Å². The maximum absolute atomic E-state index is 5.15. The summed E-state index contributed by atoms with van der Waals surface area (Å²) >= 11 is 0. The van der Waals surface area contributed by atoms with Crippen LogP contribution in [0.5, 0.6) is 5.75 Å². The van der Waals surface area contributed by atoms with Gasteiger partial charge in [0.15, 0.2) is 0 Å². The van der Waals surface area contributed by atoms with Crippen molar-refractivity contribution in [2.75, 3.05) is 34.3 Å². The topological polar surface area (TPSA) is 24.5 Å². The van der Waals surface area contributed by atoms with Crippen LogP contribution in [0, 0.1) is 0 Å². The van der Waals surface area contributed by atoms with E-state index in [2.05, 4.69) is 43.4 Å². The quantitative estimate of drug-likeness (QED) is 0.765. The Balaban J connectivity index is 2.20. The fraction of sp³-hybridized carbons (Fsp3) is 0.600. The Hall–Kier alpha value is -1.06. The Kier molecular flexibility index (Phi) is 6.76. The third kappa shape index (κ3) is 6.03. The maximum Gasteiger partial charge on any atom is 0.118 e. The van der Waals surface area contributed by atoms with Gasteiger partial charge in [0.2, 0.25) is 0 Å². The van der Waals surface area contributed by atoms with Crippen molar-refractivity contribution in [3.8, 4) is 5.75 Å². The lowest BCUT2D eigenvalue weighted by molar-refractivity contribution is 0.367. The second kappa shape index (κ2) is 8.11. The molecule has 0 saturated heterocycles. The molecule has 0 saturated carbocycles. The van der Waals surface area contributed by atoms with E-state index >= 15 is 0 Å². The highest BCUT2D eigenvalue weighted by Gasteiger charge is 2.02. The van der Waals surface area contributed by atoms with Crippen molar-refractivity contribution in [3.05, 3.63) is 29.8 Å². The lowest BCUT2D eigenvalue weighted by Crippen LogP contribution is -2.31. The number of nitrogens with zero attached hydrogens (tertiary/aromatic N) is 1. The van der Waals surface area contributed by atoms with E-state index in [9.17, 15) is 0 Å². The molecule has 1 unspecified atom stereocenters. The van der Waals surface area contributed by atoms with Crippen molar-refractivity contribution >= 4 is 0 Å². The number of hydrogen-bond donors (Lipinski definition) is 1. The molecule has 0 aliphatic carbocycles. The van der Waals surface area contributed by atoms with Gasteiger partial charge in [0.25, 0.3) is 0 Å². The molecular formula is C15H26N2O. The molecule has 0 aliphatic rings. The molecule has 0 aliphatic heterocycles. The van der Waals surface area contributed by atoms with Gasteiger partial charge in [-0.05, 0) is 64.6 Å². The molecule has 0 heterocycles. The summed E-state index contributed by atoms with van der Waals surface area (Å²) in [7, 11) is 5.93. The molecule has 1 atom stereocenters. The molecule has 1 rings (SSSR count). The highest BCUT2D eigenvalue weighted by atomic mass is 16.5. The third-order valence-corrected chi connectivity index (χ3v) is 3.07. The molecule has 18 heavy (non-hydrogen) atoms. The standard InChI is InChI=1S/C15H26N2O/c1-13(10-12-17(2)3)16-11-9-14-5-7-15(18-4)8-6-14/h5-8,13,16H,9-12H2,1-4H3. The largest absolute Gasteiger partial charge is 0.497 e. The van der Waals surface area contributed by atoms with Gasteiger partial charge in [-0.3, -0.25) is 0 Å². The fourth-order valence-electron chi connectivity index (χ4n) is 1.81. The van der Waals surface area contributed by atoms with E-state index in [1.165, 1.54) is 12.0 Å². The normalized spacial score (nSPS) is 12.7. The third-order valence-electron chi connectivity index (χ3n) is 3.07. The summed E-state index contributed by atoms with van der Waals surface area (Å²) in [6.07, 6.45) is 2.26. The second-order valence-corrected chi connectivity index (χ2v) is 5.05. The smallest absolute Gasteiger partial charge is 0.118 e. The minimum atomic E-state index is 0.575. The number of nitrogens with one attached hydrogen (secondary N) is 1. The first kappa shape index (κ1) is 15.0. The minimum Gasteiger partial charge on any atom is -0.497 e. The molecule has 1 aromatic rings. The van der Waals surface area contributed by atoms with Crippen molar-refractivity contribution in [3.63, 3.8) is 0 Å². The fourth-order valence-corrected chi connectivity index (χ4v) is 1.81. The van der Waals surface area contributed by atoms with Gasteiger partial charge in [0.05, 0.1) is 7.11 Å². The molecular weight excluding hydrogens is 224 g/mol. The maximum atomic E-state index is 5.15. The monoisotopic (exact) mass is 250 g/mol. The van der Waals surface area contributed by atoms with Crippen LogP contribution in [0.4, 0.5) is 0 Å². The summed E-state index contributed by atoms with van der Waals surface area (Å²) in [5, 5.41) is 3.56.